The lowest BCUT2D eigenvalue weighted by Crippen LogP contribution is -2.37. The Labute approximate surface area is 113 Å². The van der Waals surface area contributed by atoms with Crippen LogP contribution in [0.3, 0.4) is 0 Å². The molecule has 0 heterocycles. The second-order valence-electron chi connectivity index (χ2n) is 4.34. The summed E-state index contributed by atoms with van der Waals surface area (Å²) in [6.07, 6.45) is 1.98. The summed E-state index contributed by atoms with van der Waals surface area (Å²) >= 11 is 1.68. The summed E-state index contributed by atoms with van der Waals surface area (Å²) in [7, 11) is 0. The summed E-state index contributed by atoms with van der Waals surface area (Å²) in [5.74, 6) is 1.81. The number of carbonyl (C=O) groups excluding carboxylic acids is 1. The third kappa shape index (κ3) is 5.45. The summed E-state index contributed by atoms with van der Waals surface area (Å²) < 4.78 is 5.68. The molecular weight excluding hydrogens is 246 g/mol. The highest BCUT2D eigenvalue weighted by Gasteiger charge is 2.13. The zero-order valence-electron chi connectivity index (χ0n) is 11.2. The molecule has 100 valence electrons. The van der Waals surface area contributed by atoms with E-state index in [4.69, 9.17) is 4.74 Å². The van der Waals surface area contributed by atoms with Gasteiger partial charge in [0.05, 0.1) is 6.54 Å². The number of carbonyl (C=O) groups is 1. The Bertz CT molecular complexity index is 356. The van der Waals surface area contributed by atoms with Crippen LogP contribution in [0.15, 0.2) is 30.3 Å². The van der Waals surface area contributed by atoms with E-state index in [0.29, 0.717) is 6.54 Å². The topological polar surface area (TPSA) is 38.3 Å². The van der Waals surface area contributed by atoms with E-state index >= 15 is 0 Å². The van der Waals surface area contributed by atoms with Crippen LogP contribution in [-0.4, -0.2) is 30.6 Å². The van der Waals surface area contributed by atoms with E-state index in [1.807, 2.05) is 50.4 Å². The maximum Gasteiger partial charge on any atom is 0.223 e. The molecule has 1 amide bonds. The van der Waals surface area contributed by atoms with Gasteiger partial charge >= 0.3 is 0 Å². The van der Waals surface area contributed by atoms with Crippen LogP contribution in [0.1, 0.15) is 13.8 Å². The predicted octanol–water partition coefficient (Wildman–Crippen LogP) is 2.57. The largest absolute Gasteiger partial charge is 0.489 e. The third-order valence-corrected chi connectivity index (χ3v) is 3.34. The highest BCUT2D eigenvalue weighted by atomic mass is 32.2. The van der Waals surface area contributed by atoms with Gasteiger partial charge in [-0.05, 0) is 25.3 Å². The Balaban J connectivity index is 2.29. The predicted molar refractivity (Wildman–Crippen MR) is 77.1 cm³/mol. The van der Waals surface area contributed by atoms with Crippen molar-refractivity contribution in [2.24, 2.45) is 5.92 Å². The number of ether oxygens (including phenoxy) is 1. The van der Waals surface area contributed by atoms with Gasteiger partial charge in [-0.15, -0.1) is 0 Å². The molecule has 0 unspecified atom stereocenters. The highest BCUT2D eigenvalue weighted by molar-refractivity contribution is 7.98. The van der Waals surface area contributed by atoms with Crippen molar-refractivity contribution in [3.05, 3.63) is 30.3 Å². The SMILES string of the molecule is CSC[C@@H](C)C(=O)NC[C@@H](C)Oc1ccccc1. The fraction of sp³-hybridized carbons (Fsp3) is 0.500. The van der Waals surface area contributed by atoms with Gasteiger partial charge in [0, 0.05) is 11.7 Å². The molecule has 1 aromatic rings. The van der Waals surface area contributed by atoms with Gasteiger partial charge in [0.25, 0.3) is 0 Å². The van der Waals surface area contributed by atoms with Crippen LogP contribution < -0.4 is 10.1 Å². The number of rotatable bonds is 7. The summed E-state index contributed by atoms with van der Waals surface area (Å²) in [6, 6.07) is 9.63. The first kappa shape index (κ1) is 14.9. The van der Waals surface area contributed by atoms with Crippen molar-refractivity contribution in [1.29, 1.82) is 0 Å². The molecule has 0 fully saturated rings. The zero-order valence-corrected chi connectivity index (χ0v) is 12.0. The van der Waals surface area contributed by atoms with Crippen molar-refractivity contribution in [2.45, 2.75) is 20.0 Å². The molecule has 0 saturated heterocycles. The monoisotopic (exact) mass is 267 g/mol. The van der Waals surface area contributed by atoms with Crippen molar-refractivity contribution in [2.75, 3.05) is 18.6 Å². The molecular formula is C14H21NO2S. The summed E-state index contributed by atoms with van der Waals surface area (Å²) in [6.45, 7) is 4.42. The number of benzene rings is 1. The molecule has 0 aliphatic carbocycles. The average molecular weight is 267 g/mol. The summed E-state index contributed by atoms with van der Waals surface area (Å²) in [5, 5.41) is 2.91. The van der Waals surface area contributed by atoms with E-state index in [9.17, 15) is 4.79 Å². The first-order valence-corrected chi connectivity index (χ1v) is 7.51. The van der Waals surface area contributed by atoms with E-state index < -0.39 is 0 Å². The second-order valence-corrected chi connectivity index (χ2v) is 5.25. The smallest absolute Gasteiger partial charge is 0.223 e. The van der Waals surface area contributed by atoms with E-state index in [0.717, 1.165) is 11.5 Å². The van der Waals surface area contributed by atoms with Gasteiger partial charge in [-0.1, -0.05) is 25.1 Å². The summed E-state index contributed by atoms with van der Waals surface area (Å²) in [5.41, 5.74) is 0. The lowest BCUT2D eigenvalue weighted by atomic mass is 10.2. The van der Waals surface area contributed by atoms with Crippen molar-refractivity contribution in [1.82, 2.24) is 5.32 Å². The van der Waals surface area contributed by atoms with Crippen LogP contribution in [0.5, 0.6) is 5.75 Å². The molecule has 0 saturated carbocycles. The minimum atomic E-state index is -0.0298. The highest BCUT2D eigenvalue weighted by Crippen LogP contribution is 2.10. The molecule has 0 bridgehead atoms. The molecule has 0 spiro atoms. The number of nitrogens with one attached hydrogen (secondary N) is 1. The standard InChI is InChI=1S/C14H21NO2S/c1-11(10-18-3)14(16)15-9-12(2)17-13-7-5-4-6-8-13/h4-8,11-12H,9-10H2,1-3H3,(H,15,16)/t11-,12-/m1/s1. The first-order chi connectivity index (χ1) is 8.63. The number of amides is 1. The average Bonchev–Trinajstić information content (AvgIpc) is 2.37. The van der Waals surface area contributed by atoms with Crippen molar-refractivity contribution >= 4 is 17.7 Å². The molecule has 1 rings (SSSR count). The summed E-state index contributed by atoms with van der Waals surface area (Å²) in [4.78, 5) is 11.7. The van der Waals surface area contributed by atoms with Gasteiger partial charge in [-0.3, -0.25) is 4.79 Å². The molecule has 0 radical (unpaired) electrons. The number of hydrogen-bond donors (Lipinski definition) is 1. The lowest BCUT2D eigenvalue weighted by Gasteiger charge is -2.17. The molecule has 1 aromatic carbocycles. The first-order valence-electron chi connectivity index (χ1n) is 6.11. The van der Waals surface area contributed by atoms with Gasteiger partial charge in [0.2, 0.25) is 5.91 Å². The third-order valence-electron chi connectivity index (χ3n) is 2.51. The van der Waals surface area contributed by atoms with Gasteiger partial charge in [-0.2, -0.15) is 11.8 Å². The molecule has 2 atom stereocenters. The van der Waals surface area contributed by atoms with Crippen LogP contribution in [0.2, 0.25) is 0 Å². The molecule has 18 heavy (non-hydrogen) atoms. The normalized spacial score (nSPS) is 13.7. The Morgan fingerprint density at radius 3 is 2.61 bits per heavy atom. The minimum absolute atomic E-state index is 0.0298. The van der Waals surface area contributed by atoms with E-state index in [1.54, 1.807) is 11.8 Å². The van der Waals surface area contributed by atoms with Crippen molar-refractivity contribution < 1.29 is 9.53 Å². The van der Waals surface area contributed by atoms with Crippen LogP contribution in [0.25, 0.3) is 0 Å². The van der Waals surface area contributed by atoms with Crippen molar-refractivity contribution in [3.63, 3.8) is 0 Å². The van der Waals surface area contributed by atoms with Gasteiger partial charge in [-0.25, -0.2) is 0 Å². The van der Waals surface area contributed by atoms with Crippen LogP contribution in [0.4, 0.5) is 0 Å². The maximum absolute atomic E-state index is 11.7. The van der Waals surface area contributed by atoms with Gasteiger partial charge in [0.1, 0.15) is 11.9 Å². The van der Waals surface area contributed by atoms with Crippen molar-refractivity contribution in [3.8, 4) is 5.75 Å². The van der Waals surface area contributed by atoms with Crippen LogP contribution in [0, 0.1) is 5.92 Å². The Kier molecular flexibility index (Phi) is 6.65. The molecule has 4 heteroatoms. The van der Waals surface area contributed by atoms with E-state index in [2.05, 4.69) is 5.32 Å². The van der Waals surface area contributed by atoms with E-state index in [1.165, 1.54) is 0 Å². The van der Waals surface area contributed by atoms with E-state index in [-0.39, 0.29) is 17.9 Å². The number of hydrogen-bond acceptors (Lipinski definition) is 3. The fourth-order valence-corrected chi connectivity index (χ4v) is 2.17. The molecule has 0 aliphatic rings. The lowest BCUT2D eigenvalue weighted by molar-refractivity contribution is -0.124. The van der Waals surface area contributed by atoms with Gasteiger partial charge < -0.3 is 10.1 Å². The number of thioether (sulfide) groups is 1. The Morgan fingerprint density at radius 2 is 2.00 bits per heavy atom. The van der Waals surface area contributed by atoms with Crippen LogP contribution in [-0.2, 0) is 4.79 Å². The Hall–Kier alpha value is -1.16. The fourth-order valence-electron chi connectivity index (χ4n) is 1.52. The Morgan fingerprint density at radius 1 is 1.33 bits per heavy atom. The second kappa shape index (κ2) is 8.03. The molecule has 0 aliphatic heterocycles. The molecule has 0 aromatic heterocycles. The number of para-hydroxylation sites is 1. The minimum Gasteiger partial charge on any atom is -0.489 e. The quantitative estimate of drug-likeness (QED) is 0.825. The zero-order chi connectivity index (χ0) is 13.4. The molecule has 1 N–H and O–H groups in total. The van der Waals surface area contributed by atoms with Crippen LogP contribution >= 0.6 is 11.8 Å². The van der Waals surface area contributed by atoms with Gasteiger partial charge in [0.15, 0.2) is 0 Å². The molecule has 3 nitrogen and oxygen atoms in total. The maximum atomic E-state index is 11.7.